The maximum Gasteiger partial charge on any atom is 0.243 e. The number of piperidine rings is 1. The summed E-state index contributed by atoms with van der Waals surface area (Å²) in [4.78, 5) is 0.323. The topological polar surface area (TPSA) is 57.6 Å². The van der Waals surface area contributed by atoms with E-state index in [0.717, 1.165) is 23.7 Å². The van der Waals surface area contributed by atoms with Crippen LogP contribution in [-0.4, -0.2) is 30.4 Å². The third-order valence-electron chi connectivity index (χ3n) is 4.48. The van der Waals surface area contributed by atoms with Crippen molar-refractivity contribution in [3.63, 3.8) is 0 Å². The van der Waals surface area contributed by atoms with Crippen LogP contribution < -0.4 is 0 Å². The van der Waals surface area contributed by atoms with Crippen LogP contribution in [0.2, 0.25) is 0 Å². The van der Waals surface area contributed by atoms with Crippen LogP contribution in [0.5, 0.6) is 0 Å². The molecule has 1 heterocycles. The molecule has 1 saturated carbocycles. The van der Waals surface area contributed by atoms with Crippen LogP contribution in [0.25, 0.3) is 0 Å². The van der Waals surface area contributed by atoms with E-state index in [1.54, 1.807) is 23.4 Å². The van der Waals surface area contributed by atoms with E-state index in [1.165, 1.54) is 0 Å². The zero-order valence-corrected chi connectivity index (χ0v) is 13.7. The molecule has 0 radical (unpaired) electrons. The van der Waals surface area contributed by atoms with Gasteiger partial charge in [0.1, 0.15) is 0 Å². The number of aliphatic hydroxyl groups is 1. The molecule has 4 nitrogen and oxygen atoms in total. The van der Waals surface area contributed by atoms with Gasteiger partial charge in [0.2, 0.25) is 10.0 Å². The number of fused-ring (bicyclic) bond motifs is 2. The number of rotatable bonds is 3. The monoisotopic (exact) mass is 359 g/mol. The highest BCUT2D eigenvalue weighted by Crippen LogP contribution is 2.41. The maximum atomic E-state index is 12.9. The fourth-order valence-electron chi connectivity index (χ4n) is 3.37. The van der Waals surface area contributed by atoms with E-state index in [-0.39, 0.29) is 12.6 Å². The number of sulfonamides is 1. The van der Waals surface area contributed by atoms with Crippen LogP contribution in [0, 0.1) is 12.8 Å². The molecule has 1 aromatic rings. The first-order valence-electron chi connectivity index (χ1n) is 6.85. The Hall–Kier alpha value is -0.430. The second-order valence-corrected chi connectivity index (χ2v) is 8.48. The number of benzene rings is 1. The maximum absolute atomic E-state index is 12.9. The molecule has 0 amide bonds. The lowest BCUT2D eigenvalue weighted by Crippen LogP contribution is -2.38. The summed E-state index contributed by atoms with van der Waals surface area (Å²) < 4.78 is 28.2. The molecule has 3 rings (SSSR count). The Morgan fingerprint density at radius 3 is 2.70 bits per heavy atom. The van der Waals surface area contributed by atoms with Crippen molar-refractivity contribution in [2.24, 2.45) is 5.92 Å². The lowest BCUT2D eigenvalue weighted by atomic mass is 10.1. The predicted octanol–water partition coefficient (Wildman–Crippen LogP) is 2.42. The molecule has 1 N–H and O–H groups in total. The second-order valence-electron chi connectivity index (χ2n) is 5.77. The highest BCUT2D eigenvalue weighted by Gasteiger charge is 2.44. The Bertz CT molecular complexity index is 644. The lowest BCUT2D eigenvalue weighted by Gasteiger charge is -2.27. The van der Waals surface area contributed by atoms with Crippen molar-refractivity contribution in [1.82, 2.24) is 4.31 Å². The van der Waals surface area contributed by atoms with Gasteiger partial charge in [-0.05, 0) is 55.4 Å². The first-order chi connectivity index (χ1) is 9.43. The first-order valence-corrected chi connectivity index (χ1v) is 9.08. The standard InChI is InChI=1S/C14H18BrNO3S/c1-9-13(15)5-11(8-17)6-14(9)20(18,19)16-7-10-2-3-12(16)4-10/h5-6,10,12,17H,2-4,7-8H2,1H3. The average Bonchev–Trinajstić information content (AvgIpc) is 3.04. The Labute approximate surface area is 128 Å². The van der Waals surface area contributed by atoms with Crippen molar-refractivity contribution in [3.05, 3.63) is 27.7 Å². The van der Waals surface area contributed by atoms with E-state index in [0.29, 0.717) is 28.5 Å². The summed E-state index contributed by atoms with van der Waals surface area (Å²) in [6.07, 6.45) is 3.12. The van der Waals surface area contributed by atoms with Gasteiger partial charge in [-0.15, -0.1) is 0 Å². The fourth-order valence-corrected chi connectivity index (χ4v) is 6.05. The quantitative estimate of drug-likeness (QED) is 0.901. The molecule has 110 valence electrons. The smallest absolute Gasteiger partial charge is 0.243 e. The van der Waals surface area contributed by atoms with Crippen molar-refractivity contribution in [2.75, 3.05) is 6.54 Å². The van der Waals surface area contributed by atoms with Gasteiger partial charge in [0.25, 0.3) is 0 Å². The van der Waals surface area contributed by atoms with E-state index in [2.05, 4.69) is 15.9 Å². The van der Waals surface area contributed by atoms with E-state index in [4.69, 9.17) is 0 Å². The van der Waals surface area contributed by atoms with Crippen molar-refractivity contribution in [2.45, 2.75) is 43.7 Å². The van der Waals surface area contributed by atoms with Crippen molar-refractivity contribution < 1.29 is 13.5 Å². The van der Waals surface area contributed by atoms with Crippen LogP contribution in [0.1, 0.15) is 30.4 Å². The molecular formula is C14H18BrNO3S. The molecule has 0 aromatic heterocycles. The highest BCUT2D eigenvalue weighted by molar-refractivity contribution is 9.10. The summed E-state index contributed by atoms with van der Waals surface area (Å²) in [5.41, 5.74) is 1.33. The third kappa shape index (κ3) is 2.22. The van der Waals surface area contributed by atoms with Crippen LogP contribution in [0.4, 0.5) is 0 Å². The fraction of sp³-hybridized carbons (Fsp3) is 0.571. The van der Waals surface area contributed by atoms with E-state index < -0.39 is 10.0 Å². The van der Waals surface area contributed by atoms with Gasteiger partial charge < -0.3 is 5.11 Å². The Balaban J connectivity index is 2.05. The molecule has 0 spiro atoms. The number of aliphatic hydroxyl groups excluding tert-OH is 1. The Morgan fingerprint density at radius 1 is 1.40 bits per heavy atom. The van der Waals surface area contributed by atoms with Gasteiger partial charge in [-0.25, -0.2) is 8.42 Å². The Kier molecular flexibility index (Phi) is 3.69. The third-order valence-corrected chi connectivity index (χ3v) is 7.35. The van der Waals surface area contributed by atoms with Gasteiger partial charge in [0.15, 0.2) is 0 Å². The van der Waals surface area contributed by atoms with Crippen molar-refractivity contribution in [1.29, 1.82) is 0 Å². The molecule has 20 heavy (non-hydrogen) atoms. The second kappa shape index (κ2) is 5.09. The molecule has 2 atom stereocenters. The molecule has 2 unspecified atom stereocenters. The summed E-state index contributed by atoms with van der Waals surface area (Å²) in [6, 6.07) is 3.53. The predicted molar refractivity (Wildman–Crippen MR) is 79.8 cm³/mol. The van der Waals surface area contributed by atoms with E-state index in [9.17, 15) is 13.5 Å². The summed E-state index contributed by atoms with van der Waals surface area (Å²) in [6.45, 7) is 2.29. The summed E-state index contributed by atoms with van der Waals surface area (Å²) >= 11 is 3.39. The van der Waals surface area contributed by atoms with Gasteiger partial charge in [0.05, 0.1) is 11.5 Å². The number of hydrogen-bond acceptors (Lipinski definition) is 3. The van der Waals surface area contributed by atoms with Crippen LogP contribution in [-0.2, 0) is 16.6 Å². The first kappa shape index (κ1) is 14.5. The normalized spacial score (nSPS) is 26.4. The molecule has 2 bridgehead atoms. The summed E-state index contributed by atoms with van der Waals surface area (Å²) in [5.74, 6) is 0.527. The largest absolute Gasteiger partial charge is 0.392 e. The SMILES string of the molecule is Cc1c(Br)cc(CO)cc1S(=O)(=O)N1CC2CCC1C2. The van der Waals surface area contributed by atoms with Crippen molar-refractivity contribution in [3.8, 4) is 0 Å². The molecule has 6 heteroatoms. The van der Waals surface area contributed by atoms with Gasteiger partial charge in [0, 0.05) is 17.1 Å². The minimum Gasteiger partial charge on any atom is -0.392 e. The molecule has 1 aliphatic carbocycles. The molecule has 1 aliphatic heterocycles. The highest BCUT2D eigenvalue weighted by atomic mass is 79.9. The van der Waals surface area contributed by atoms with Crippen LogP contribution in [0.15, 0.2) is 21.5 Å². The van der Waals surface area contributed by atoms with E-state index >= 15 is 0 Å². The number of halogens is 1. The number of hydrogen-bond donors (Lipinski definition) is 1. The van der Waals surface area contributed by atoms with Gasteiger partial charge in [-0.3, -0.25) is 0 Å². The zero-order valence-electron chi connectivity index (χ0n) is 11.3. The van der Waals surface area contributed by atoms with Crippen molar-refractivity contribution >= 4 is 26.0 Å². The minimum absolute atomic E-state index is 0.159. The molecule has 2 fully saturated rings. The summed E-state index contributed by atoms with van der Waals surface area (Å²) in [5, 5.41) is 9.28. The summed E-state index contributed by atoms with van der Waals surface area (Å²) in [7, 11) is -3.46. The van der Waals surface area contributed by atoms with Gasteiger partial charge >= 0.3 is 0 Å². The van der Waals surface area contributed by atoms with E-state index in [1.807, 2.05) is 0 Å². The molecular weight excluding hydrogens is 342 g/mol. The average molecular weight is 360 g/mol. The minimum atomic E-state index is -3.46. The Morgan fingerprint density at radius 2 is 2.15 bits per heavy atom. The zero-order chi connectivity index (χ0) is 14.5. The molecule has 1 saturated heterocycles. The van der Waals surface area contributed by atoms with Crippen LogP contribution in [0.3, 0.4) is 0 Å². The van der Waals surface area contributed by atoms with Gasteiger partial charge in [-0.1, -0.05) is 15.9 Å². The molecule has 2 aliphatic rings. The number of nitrogens with zero attached hydrogens (tertiary/aromatic N) is 1. The van der Waals surface area contributed by atoms with Gasteiger partial charge in [-0.2, -0.15) is 4.31 Å². The molecule has 1 aromatic carbocycles. The van der Waals surface area contributed by atoms with Crippen LogP contribution >= 0.6 is 15.9 Å². The lowest BCUT2D eigenvalue weighted by molar-refractivity contribution is 0.281.